The van der Waals surface area contributed by atoms with Crippen LogP contribution in [0.3, 0.4) is 0 Å². The molecule has 0 heterocycles. The van der Waals surface area contributed by atoms with Gasteiger partial charge in [0, 0.05) is 11.3 Å². The zero-order chi connectivity index (χ0) is 16.4. The van der Waals surface area contributed by atoms with Crippen LogP contribution in [-0.2, 0) is 16.3 Å². The molecular weight excluding hydrogens is 328 g/mol. The number of rotatable bonds is 3. The Morgan fingerprint density at radius 2 is 1.65 bits per heavy atom. The number of benzene rings is 1. The van der Waals surface area contributed by atoms with Gasteiger partial charge in [-0.25, -0.2) is 8.42 Å². The van der Waals surface area contributed by atoms with E-state index in [-0.39, 0.29) is 0 Å². The Hall–Kier alpha value is -1.84. The summed E-state index contributed by atoms with van der Waals surface area (Å²) in [5.41, 5.74) is 4.27. The van der Waals surface area contributed by atoms with E-state index in [9.17, 15) is 8.42 Å². The second-order valence-corrected chi connectivity index (χ2v) is 8.17. The van der Waals surface area contributed by atoms with Crippen molar-refractivity contribution in [3.8, 4) is 0 Å². The van der Waals surface area contributed by atoms with E-state index in [4.69, 9.17) is 11.6 Å². The van der Waals surface area contributed by atoms with Gasteiger partial charge in [-0.2, -0.15) is 0 Å². The average molecular weight is 345 g/mol. The molecule has 0 spiro atoms. The number of hydrogen-bond acceptors (Lipinski definition) is 2. The molecule has 23 heavy (non-hydrogen) atoms. The van der Waals surface area contributed by atoms with Crippen molar-refractivity contribution < 1.29 is 8.42 Å². The highest BCUT2D eigenvalue weighted by molar-refractivity contribution is 7.94. The van der Waals surface area contributed by atoms with Crippen LogP contribution >= 0.6 is 11.6 Å². The molecule has 0 amide bonds. The molecule has 1 aromatic carbocycles. The smallest absolute Gasteiger partial charge is 0.175 e. The third kappa shape index (κ3) is 3.74. The zero-order valence-electron chi connectivity index (χ0n) is 12.8. The molecule has 3 rings (SSSR count). The maximum absolute atomic E-state index is 12.1. The van der Waals surface area contributed by atoms with Gasteiger partial charge in [0.1, 0.15) is 0 Å². The Labute approximate surface area is 142 Å². The minimum atomic E-state index is -3.24. The van der Waals surface area contributed by atoms with Crippen molar-refractivity contribution in [1.29, 1.82) is 0 Å². The van der Waals surface area contributed by atoms with Gasteiger partial charge in [0.15, 0.2) is 9.84 Å². The van der Waals surface area contributed by atoms with Crippen LogP contribution in [0.25, 0.3) is 0 Å². The van der Waals surface area contributed by atoms with Crippen LogP contribution in [0.4, 0.5) is 0 Å². The fraction of sp³-hybridized carbons (Fsp3) is 0.158. The highest BCUT2D eigenvalue weighted by Gasteiger charge is 2.20. The van der Waals surface area contributed by atoms with E-state index in [1.165, 1.54) is 6.26 Å². The fourth-order valence-electron chi connectivity index (χ4n) is 2.84. The van der Waals surface area contributed by atoms with Gasteiger partial charge in [-0.05, 0) is 53.3 Å². The molecule has 1 aromatic rings. The van der Waals surface area contributed by atoms with Crippen LogP contribution in [-0.4, -0.2) is 14.7 Å². The minimum Gasteiger partial charge on any atom is -0.224 e. The van der Waals surface area contributed by atoms with Crippen molar-refractivity contribution in [3.63, 3.8) is 0 Å². The molecule has 0 saturated heterocycles. The van der Waals surface area contributed by atoms with Crippen LogP contribution in [0, 0.1) is 0 Å². The molecule has 0 bridgehead atoms. The lowest BCUT2D eigenvalue weighted by molar-refractivity contribution is 0.607. The highest BCUT2D eigenvalue weighted by atomic mass is 35.5. The first-order chi connectivity index (χ1) is 10.9. The lowest BCUT2D eigenvalue weighted by Gasteiger charge is -2.18. The molecule has 0 aliphatic heterocycles. The van der Waals surface area contributed by atoms with Crippen molar-refractivity contribution in [2.75, 3.05) is 6.26 Å². The van der Waals surface area contributed by atoms with E-state index in [1.54, 1.807) is 6.08 Å². The molecule has 0 fully saturated rings. The van der Waals surface area contributed by atoms with Gasteiger partial charge in [0.2, 0.25) is 0 Å². The van der Waals surface area contributed by atoms with Gasteiger partial charge in [0.25, 0.3) is 0 Å². The quantitative estimate of drug-likeness (QED) is 0.805. The molecule has 118 valence electrons. The first kappa shape index (κ1) is 16.0. The number of sulfone groups is 1. The molecule has 4 heteroatoms. The van der Waals surface area contributed by atoms with Crippen molar-refractivity contribution >= 4 is 21.4 Å². The Balaban J connectivity index is 1.99. The fourth-order valence-corrected chi connectivity index (χ4v) is 3.95. The van der Waals surface area contributed by atoms with E-state index in [0.29, 0.717) is 22.8 Å². The highest BCUT2D eigenvalue weighted by Crippen LogP contribution is 2.32. The lowest BCUT2D eigenvalue weighted by atomic mass is 9.91. The van der Waals surface area contributed by atoms with Crippen LogP contribution in [0.5, 0.6) is 0 Å². The first-order valence-corrected chi connectivity index (χ1v) is 9.63. The number of hydrogen-bond donors (Lipinski definition) is 0. The molecule has 0 aromatic heterocycles. The summed E-state index contributed by atoms with van der Waals surface area (Å²) in [5, 5.41) is 0.679. The first-order valence-electron chi connectivity index (χ1n) is 7.36. The van der Waals surface area contributed by atoms with Crippen molar-refractivity contribution in [2.24, 2.45) is 0 Å². The van der Waals surface area contributed by atoms with Gasteiger partial charge >= 0.3 is 0 Å². The standard InChI is InChI=1S/C19H17ClO2S/c1-23(21,22)19-11-8-16(15-4-2-3-5-15)13-17(19)12-14-6-9-18(20)10-7-14/h2-11H,12-13H2,1H3. The molecule has 2 nitrogen and oxygen atoms in total. The Kier molecular flexibility index (Phi) is 4.42. The summed E-state index contributed by atoms with van der Waals surface area (Å²) < 4.78 is 24.2. The van der Waals surface area contributed by atoms with Crippen molar-refractivity contribution in [3.05, 3.63) is 92.9 Å². The molecule has 0 radical (unpaired) electrons. The summed E-state index contributed by atoms with van der Waals surface area (Å²) in [6.45, 7) is 0. The molecule has 0 saturated carbocycles. The Bertz CT molecular complexity index is 866. The summed E-state index contributed by atoms with van der Waals surface area (Å²) in [6.07, 6.45) is 14.2. The van der Waals surface area contributed by atoms with Gasteiger partial charge in [0.05, 0.1) is 4.91 Å². The molecular formula is C19H17ClO2S. The SMILES string of the molecule is CS(=O)(=O)C1=C(Cc2ccc(Cl)cc2)CC(=C2C=CC=C2)C=C1. The maximum Gasteiger partial charge on any atom is 0.175 e. The predicted molar refractivity (Wildman–Crippen MR) is 96.1 cm³/mol. The summed E-state index contributed by atoms with van der Waals surface area (Å²) in [6, 6.07) is 7.54. The zero-order valence-corrected chi connectivity index (χ0v) is 14.4. The van der Waals surface area contributed by atoms with Crippen LogP contribution in [0.2, 0.25) is 5.02 Å². The Morgan fingerprint density at radius 3 is 2.26 bits per heavy atom. The summed E-state index contributed by atoms with van der Waals surface area (Å²) in [7, 11) is -3.24. The number of allylic oxidation sites excluding steroid dienone is 9. The topological polar surface area (TPSA) is 34.1 Å². The van der Waals surface area contributed by atoms with E-state index in [0.717, 1.165) is 22.3 Å². The summed E-state index contributed by atoms with van der Waals surface area (Å²) in [5.74, 6) is 0. The third-order valence-electron chi connectivity index (χ3n) is 3.95. The minimum absolute atomic E-state index is 0.433. The maximum atomic E-state index is 12.1. The van der Waals surface area contributed by atoms with E-state index in [2.05, 4.69) is 0 Å². The summed E-state index contributed by atoms with van der Waals surface area (Å²) >= 11 is 5.92. The Morgan fingerprint density at radius 1 is 1.00 bits per heavy atom. The predicted octanol–water partition coefficient (Wildman–Crippen LogP) is 4.56. The van der Waals surface area contributed by atoms with Gasteiger partial charge in [-0.3, -0.25) is 0 Å². The van der Waals surface area contributed by atoms with Gasteiger partial charge < -0.3 is 0 Å². The van der Waals surface area contributed by atoms with E-state index < -0.39 is 9.84 Å². The van der Waals surface area contributed by atoms with Crippen LogP contribution < -0.4 is 0 Å². The van der Waals surface area contributed by atoms with Crippen LogP contribution in [0.15, 0.2) is 82.3 Å². The molecule has 2 aliphatic rings. The largest absolute Gasteiger partial charge is 0.224 e. The monoisotopic (exact) mass is 344 g/mol. The molecule has 0 N–H and O–H groups in total. The second-order valence-electron chi connectivity index (χ2n) is 5.75. The van der Waals surface area contributed by atoms with Gasteiger partial charge in [-0.1, -0.05) is 54.1 Å². The third-order valence-corrected chi connectivity index (χ3v) is 5.43. The average Bonchev–Trinajstić information content (AvgIpc) is 3.03. The number of halogens is 1. The molecule has 0 unspecified atom stereocenters. The molecule has 0 atom stereocenters. The van der Waals surface area contributed by atoms with Gasteiger partial charge in [-0.15, -0.1) is 0 Å². The summed E-state index contributed by atoms with van der Waals surface area (Å²) in [4.78, 5) is 0.433. The normalized spacial score (nSPS) is 17.5. The molecule has 2 aliphatic carbocycles. The van der Waals surface area contributed by atoms with Crippen molar-refractivity contribution in [1.82, 2.24) is 0 Å². The van der Waals surface area contributed by atoms with Crippen molar-refractivity contribution in [2.45, 2.75) is 12.8 Å². The van der Waals surface area contributed by atoms with E-state index >= 15 is 0 Å². The lowest BCUT2D eigenvalue weighted by Crippen LogP contribution is -2.09. The van der Waals surface area contributed by atoms with Crippen LogP contribution in [0.1, 0.15) is 12.0 Å². The second kappa shape index (κ2) is 6.34. The van der Waals surface area contributed by atoms with E-state index in [1.807, 2.05) is 54.6 Å².